The fourth-order valence-corrected chi connectivity index (χ4v) is 10.9. The quantitative estimate of drug-likeness (QED) is 0.117. The lowest BCUT2D eigenvalue weighted by molar-refractivity contribution is 1.18. The molecule has 0 saturated carbocycles. The van der Waals surface area contributed by atoms with E-state index in [-0.39, 0.29) is 0 Å². The second-order valence-corrected chi connectivity index (χ2v) is 17.0. The molecular weight excluding hydrogens is 720 g/mol. The average Bonchev–Trinajstić information content (AvgIpc) is 3.65. The van der Waals surface area contributed by atoms with Crippen LogP contribution in [-0.2, 0) is 0 Å². The molecule has 0 aliphatic heterocycles. The first-order valence-electron chi connectivity index (χ1n) is 19.8. The molecule has 0 atom stereocenters. The Morgan fingerprint density at radius 2 is 0.845 bits per heavy atom. The van der Waals surface area contributed by atoms with Crippen molar-refractivity contribution in [1.82, 2.24) is 9.55 Å². The van der Waals surface area contributed by atoms with Crippen molar-refractivity contribution in [2.45, 2.75) is 0 Å². The Balaban J connectivity index is 1.01. The molecule has 0 N–H and O–H groups in total. The summed E-state index contributed by atoms with van der Waals surface area (Å²) in [4.78, 5) is 5.45. The van der Waals surface area contributed by atoms with Crippen LogP contribution in [0.25, 0.3) is 82.7 Å². The molecule has 0 fully saturated rings. The molecule has 3 heteroatoms. The van der Waals surface area contributed by atoms with Crippen molar-refractivity contribution in [3.05, 3.63) is 224 Å². The molecule has 0 radical (unpaired) electrons. The van der Waals surface area contributed by atoms with E-state index in [0.29, 0.717) is 0 Å². The standard InChI is InChI=1S/C55H37N2P/c1-5-15-41(16-6-1)55-54-47(34-36-52-53(54)48-23-13-14-24-51(48)57(52)43-17-7-2-8-18-43)49-37-42(31-35-50(49)56-55)40-27-25-38(26-28-40)39-29-32-46(33-30-39)58(44-19-9-3-10-20-44)45-21-11-4-12-22-45/h1-37H. The molecule has 2 heterocycles. The topological polar surface area (TPSA) is 17.8 Å². The summed E-state index contributed by atoms with van der Waals surface area (Å²) in [6, 6.07) is 81.4. The Hall–Kier alpha value is -7.12. The van der Waals surface area contributed by atoms with Crippen molar-refractivity contribution in [2.75, 3.05) is 0 Å². The zero-order chi connectivity index (χ0) is 38.4. The van der Waals surface area contributed by atoms with Crippen LogP contribution in [0, 0.1) is 0 Å². The number of rotatable bonds is 7. The van der Waals surface area contributed by atoms with Crippen LogP contribution < -0.4 is 15.9 Å². The van der Waals surface area contributed by atoms with Gasteiger partial charge in [0.1, 0.15) is 0 Å². The Morgan fingerprint density at radius 1 is 0.328 bits per heavy atom. The molecule has 0 unspecified atom stereocenters. The van der Waals surface area contributed by atoms with Crippen molar-refractivity contribution >= 4 is 67.3 Å². The van der Waals surface area contributed by atoms with Crippen molar-refractivity contribution in [2.24, 2.45) is 0 Å². The maximum atomic E-state index is 5.45. The van der Waals surface area contributed by atoms with Gasteiger partial charge >= 0.3 is 0 Å². The number of pyridine rings is 1. The predicted molar refractivity (Wildman–Crippen MR) is 249 cm³/mol. The highest BCUT2D eigenvalue weighted by Crippen LogP contribution is 2.43. The first-order valence-corrected chi connectivity index (χ1v) is 21.1. The minimum Gasteiger partial charge on any atom is -0.309 e. The first-order chi connectivity index (χ1) is 28.8. The van der Waals surface area contributed by atoms with Crippen molar-refractivity contribution < 1.29 is 0 Å². The molecular formula is C55H37N2P. The fraction of sp³-hybridized carbons (Fsp3) is 0. The molecule has 0 saturated heterocycles. The van der Waals surface area contributed by atoms with Gasteiger partial charge in [0.2, 0.25) is 0 Å². The van der Waals surface area contributed by atoms with Gasteiger partial charge in [0.05, 0.1) is 22.2 Å². The predicted octanol–water partition coefficient (Wildman–Crippen LogP) is 13.2. The summed E-state index contributed by atoms with van der Waals surface area (Å²) in [5.41, 5.74) is 11.4. The van der Waals surface area contributed by atoms with E-state index in [1.54, 1.807) is 0 Å². The van der Waals surface area contributed by atoms with Crippen LogP contribution in [0.5, 0.6) is 0 Å². The summed E-state index contributed by atoms with van der Waals surface area (Å²) in [5, 5.41) is 10.1. The summed E-state index contributed by atoms with van der Waals surface area (Å²) in [6.07, 6.45) is 0. The molecule has 272 valence electrons. The highest BCUT2D eigenvalue weighted by atomic mass is 31.1. The van der Waals surface area contributed by atoms with Crippen LogP contribution in [0.2, 0.25) is 0 Å². The van der Waals surface area contributed by atoms with Gasteiger partial charge < -0.3 is 4.57 Å². The van der Waals surface area contributed by atoms with Gasteiger partial charge in [-0.25, -0.2) is 4.98 Å². The van der Waals surface area contributed by atoms with Crippen LogP contribution in [0.3, 0.4) is 0 Å². The Labute approximate surface area is 339 Å². The molecule has 0 aliphatic carbocycles. The van der Waals surface area contributed by atoms with E-state index in [9.17, 15) is 0 Å². The molecule has 11 rings (SSSR count). The largest absolute Gasteiger partial charge is 0.309 e. The molecule has 0 amide bonds. The average molecular weight is 757 g/mol. The molecule has 11 aromatic rings. The molecule has 9 aromatic carbocycles. The fourth-order valence-electron chi connectivity index (χ4n) is 8.66. The summed E-state index contributed by atoms with van der Waals surface area (Å²) >= 11 is 0. The van der Waals surface area contributed by atoms with Crippen molar-refractivity contribution in [1.29, 1.82) is 0 Å². The van der Waals surface area contributed by atoms with Gasteiger partial charge in [-0.1, -0.05) is 188 Å². The third-order valence-corrected chi connectivity index (χ3v) is 13.8. The summed E-state index contributed by atoms with van der Waals surface area (Å²) < 4.78 is 2.39. The number of nitrogens with zero attached hydrogens (tertiary/aromatic N) is 2. The van der Waals surface area contributed by atoms with E-state index in [1.807, 2.05) is 0 Å². The molecule has 2 nitrogen and oxygen atoms in total. The van der Waals surface area contributed by atoms with Crippen LogP contribution in [0.4, 0.5) is 0 Å². The SMILES string of the molecule is c1ccc(-c2nc3ccc(-c4ccc(-c5ccc(P(c6ccccc6)c6ccccc6)cc5)cc4)cc3c3ccc4c(c5ccccc5n4-c4ccccc4)c23)cc1. The Kier molecular flexibility index (Phi) is 8.50. The minimum atomic E-state index is -0.641. The molecule has 0 aliphatic rings. The van der Waals surface area contributed by atoms with Crippen molar-refractivity contribution in [3.63, 3.8) is 0 Å². The minimum absolute atomic E-state index is 0.641. The van der Waals surface area contributed by atoms with Crippen LogP contribution in [0.1, 0.15) is 0 Å². The number of para-hydroxylation sites is 2. The van der Waals surface area contributed by atoms with E-state index < -0.39 is 7.92 Å². The molecule has 58 heavy (non-hydrogen) atoms. The van der Waals surface area contributed by atoms with Gasteiger partial charge in [-0.2, -0.15) is 0 Å². The second kappa shape index (κ2) is 14.4. The summed E-state index contributed by atoms with van der Waals surface area (Å²) in [5.74, 6) is 0. The first kappa shape index (κ1) is 34.2. The highest BCUT2D eigenvalue weighted by molar-refractivity contribution is 7.79. The summed E-state index contributed by atoms with van der Waals surface area (Å²) in [7, 11) is -0.641. The normalized spacial score (nSPS) is 11.6. The van der Waals surface area contributed by atoms with Gasteiger partial charge in [-0.05, 0) is 87.9 Å². The maximum absolute atomic E-state index is 5.45. The van der Waals surface area contributed by atoms with E-state index in [1.165, 1.54) is 70.7 Å². The number of aromatic nitrogens is 2. The van der Waals surface area contributed by atoms with Gasteiger partial charge in [0, 0.05) is 32.8 Å². The van der Waals surface area contributed by atoms with Gasteiger partial charge in [0.15, 0.2) is 0 Å². The number of hydrogen-bond acceptors (Lipinski definition) is 1. The Bertz CT molecular complexity index is 3190. The highest BCUT2D eigenvalue weighted by Gasteiger charge is 2.20. The number of hydrogen-bond donors (Lipinski definition) is 0. The van der Waals surface area contributed by atoms with Crippen LogP contribution in [-0.4, -0.2) is 9.55 Å². The van der Waals surface area contributed by atoms with E-state index in [0.717, 1.165) is 27.8 Å². The van der Waals surface area contributed by atoms with Crippen LogP contribution in [0.15, 0.2) is 224 Å². The Morgan fingerprint density at radius 3 is 1.50 bits per heavy atom. The van der Waals surface area contributed by atoms with Gasteiger partial charge in [-0.3, -0.25) is 0 Å². The summed E-state index contributed by atoms with van der Waals surface area (Å²) in [6.45, 7) is 0. The van der Waals surface area contributed by atoms with E-state index in [2.05, 4.69) is 229 Å². The smallest absolute Gasteiger partial charge is 0.0795 e. The lowest BCUT2D eigenvalue weighted by Gasteiger charge is -2.19. The monoisotopic (exact) mass is 756 g/mol. The second-order valence-electron chi connectivity index (χ2n) is 14.8. The zero-order valence-corrected chi connectivity index (χ0v) is 32.6. The van der Waals surface area contributed by atoms with Crippen LogP contribution >= 0.6 is 7.92 Å². The third-order valence-electron chi connectivity index (χ3n) is 11.4. The molecule has 2 aromatic heterocycles. The zero-order valence-electron chi connectivity index (χ0n) is 31.7. The van der Waals surface area contributed by atoms with E-state index in [4.69, 9.17) is 4.98 Å². The van der Waals surface area contributed by atoms with Crippen molar-refractivity contribution in [3.8, 4) is 39.2 Å². The van der Waals surface area contributed by atoms with E-state index >= 15 is 0 Å². The number of benzene rings is 9. The number of fused-ring (bicyclic) bond motifs is 7. The van der Waals surface area contributed by atoms with Gasteiger partial charge in [0.25, 0.3) is 0 Å². The third kappa shape index (κ3) is 5.89. The van der Waals surface area contributed by atoms with Gasteiger partial charge in [-0.15, -0.1) is 0 Å². The molecule has 0 bridgehead atoms. The molecule has 0 spiro atoms. The lowest BCUT2D eigenvalue weighted by Crippen LogP contribution is -2.20. The maximum Gasteiger partial charge on any atom is 0.0795 e. The lowest BCUT2D eigenvalue weighted by atomic mass is 9.94.